The quantitative estimate of drug-likeness (QED) is 0.835. The van der Waals surface area contributed by atoms with Gasteiger partial charge in [-0.2, -0.15) is 0 Å². The maximum Gasteiger partial charge on any atom is 0.232 e. The molecule has 0 unspecified atom stereocenters. The molecule has 1 aromatic carbocycles. The number of hydrogen-bond acceptors (Lipinski definition) is 3. The Kier molecular flexibility index (Phi) is 4.39. The third kappa shape index (κ3) is 2.85. The largest absolute Gasteiger partial charge is 0.383 e. The highest BCUT2D eigenvalue weighted by atomic mass is 16.5. The summed E-state index contributed by atoms with van der Waals surface area (Å²) in [6, 6.07) is 8.29. The zero-order valence-corrected chi connectivity index (χ0v) is 13.8. The number of methoxy groups -OCH3 is 1. The van der Waals surface area contributed by atoms with E-state index in [2.05, 4.69) is 11.4 Å². The average Bonchev–Trinajstić information content (AvgIpc) is 3.08. The van der Waals surface area contributed by atoms with Gasteiger partial charge in [0, 0.05) is 32.7 Å². The lowest BCUT2D eigenvalue weighted by molar-refractivity contribution is -0.129. The molecule has 3 rings (SSSR count). The van der Waals surface area contributed by atoms with E-state index in [9.17, 15) is 9.59 Å². The number of benzene rings is 1. The standard InChI is InChI=1S/C18H24N2O3/c1-13-4-3-5-14(10-13)18(17(22)19-8-9-23-2)11-15-6-7-16(21)20(15)12-18/h3-5,10,15H,6-9,11-12H2,1-2H3,(H,19,22)/t15-,18-/m0/s1. The maximum absolute atomic E-state index is 13.0. The van der Waals surface area contributed by atoms with E-state index < -0.39 is 5.41 Å². The number of ether oxygens (including phenoxy) is 1. The lowest BCUT2D eigenvalue weighted by Gasteiger charge is -2.29. The van der Waals surface area contributed by atoms with Gasteiger partial charge < -0.3 is 15.0 Å². The normalized spacial score (nSPS) is 26.4. The van der Waals surface area contributed by atoms with Gasteiger partial charge in [-0.15, -0.1) is 0 Å². The second kappa shape index (κ2) is 6.32. The Morgan fingerprint density at radius 1 is 1.48 bits per heavy atom. The molecule has 2 amide bonds. The summed E-state index contributed by atoms with van der Waals surface area (Å²) >= 11 is 0. The van der Waals surface area contributed by atoms with Crippen molar-refractivity contribution in [1.29, 1.82) is 0 Å². The first-order chi connectivity index (χ1) is 11.1. The molecule has 0 spiro atoms. The van der Waals surface area contributed by atoms with E-state index in [4.69, 9.17) is 4.74 Å². The summed E-state index contributed by atoms with van der Waals surface area (Å²) in [5.74, 6) is 0.177. The van der Waals surface area contributed by atoms with Gasteiger partial charge in [-0.1, -0.05) is 29.8 Å². The van der Waals surface area contributed by atoms with E-state index in [1.165, 1.54) is 0 Å². The second-order valence-electron chi connectivity index (χ2n) is 6.62. The smallest absolute Gasteiger partial charge is 0.232 e. The van der Waals surface area contributed by atoms with E-state index in [1.54, 1.807) is 7.11 Å². The van der Waals surface area contributed by atoms with E-state index >= 15 is 0 Å². The first kappa shape index (κ1) is 16.0. The molecule has 2 heterocycles. The van der Waals surface area contributed by atoms with Crippen LogP contribution in [0.1, 0.15) is 30.4 Å². The maximum atomic E-state index is 13.0. The van der Waals surface area contributed by atoms with Crippen LogP contribution in [0.5, 0.6) is 0 Å². The summed E-state index contributed by atoms with van der Waals surface area (Å²) in [6.07, 6.45) is 2.18. The van der Waals surface area contributed by atoms with Crippen LogP contribution < -0.4 is 5.32 Å². The molecule has 124 valence electrons. The average molecular weight is 316 g/mol. The van der Waals surface area contributed by atoms with E-state index in [0.29, 0.717) is 32.5 Å². The molecule has 0 aromatic heterocycles. The van der Waals surface area contributed by atoms with Gasteiger partial charge >= 0.3 is 0 Å². The monoisotopic (exact) mass is 316 g/mol. The van der Waals surface area contributed by atoms with Gasteiger partial charge in [-0.25, -0.2) is 0 Å². The predicted molar refractivity (Wildman–Crippen MR) is 87.1 cm³/mol. The van der Waals surface area contributed by atoms with E-state index in [-0.39, 0.29) is 17.9 Å². The van der Waals surface area contributed by atoms with Crippen LogP contribution in [0.25, 0.3) is 0 Å². The van der Waals surface area contributed by atoms with Gasteiger partial charge in [0.2, 0.25) is 11.8 Å². The number of rotatable bonds is 5. The fourth-order valence-electron chi connectivity index (χ4n) is 3.86. The number of aryl methyl sites for hydroxylation is 1. The summed E-state index contributed by atoms with van der Waals surface area (Å²) in [7, 11) is 1.62. The summed E-state index contributed by atoms with van der Waals surface area (Å²) in [6.45, 7) is 3.49. The minimum atomic E-state index is -0.638. The number of hydrogen-bond donors (Lipinski definition) is 1. The molecule has 1 aromatic rings. The summed E-state index contributed by atoms with van der Waals surface area (Å²) in [5, 5.41) is 2.99. The van der Waals surface area contributed by atoms with Crippen molar-refractivity contribution in [2.24, 2.45) is 0 Å². The molecule has 2 saturated heterocycles. The third-order valence-electron chi connectivity index (χ3n) is 5.07. The lowest BCUT2D eigenvalue weighted by Crippen LogP contribution is -2.47. The fourth-order valence-corrected chi connectivity index (χ4v) is 3.86. The molecular formula is C18H24N2O3. The Bertz CT molecular complexity index is 616. The van der Waals surface area contributed by atoms with Crippen molar-refractivity contribution in [1.82, 2.24) is 10.2 Å². The number of amides is 2. The zero-order chi connectivity index (χ0) is 16.4. The molecule has 23 heavy (non-hydrogen) atoms. The van der Waals surface area contributed by atoms with Crippen LogP contribution in [0.4, 0.5) is 0 Å². The number of carbonyl (C=O) groups excluding carboxylic acids is 2. The Morgan fingerprint density at radius 2 is 2.30 bits per heavy atom. The van der Waals surface area contributed by atoms with E-state index in [1.807, 2.05) is 30.0 Å². The molecule has 0 saturated carbocycles. The molecule has 2 atom stereocenters. The highest BCUT2D eigenvalue weighted by Gasteiger charge is 2.53. The second-order valence-corrected chi connectivity index (χ2v) is 6.62. The molecule has 0 aliphatic carbocycles. The van der Waals surface area contributed by atoms with Crippen molar-refractivity contribution in [2.75, 3.05) is 26.8 Å². The molecule has 2 aliphatic rings. The zero-order valence-electron chi connectivity index (χ0n) is 13.8. The van der Waals surface area contributed by atoms with Gasteiger partial charge in [0.25, 0.3) is 0 Å². The Hall–Kier alpha value is -1.88. The van der Waals surface area contributed by atoms with Crippen molar-refractivity contribution in [2.45, 2.75) is 37.6 Å². The SMILES string of the molecule is COCCNC(=O)[C@@]1(c2cccc(C)c2)C[C@@H]2CCC(=O)N2C1. The van der Waals surface area contributed by atoms with Crippen molar-refractivity contribution >= 4 is 11.8 Å². The van der Waals surface area contributed by atoms with Crippen molar-refractivity contribution in [3.8, 4) is 0 Å². The van der Waals surface area contributed by atoms with Gasteiger partial charge in [0.05, 0.1) is 12.0 Å². The van der Waals surface area contributed by atoms with Gasteiger partial charge in [0.15, 0.2) is 0 Å². The van der Waals surface area contributed by atoms with E-state index in [0.717, 1.165) is 17.5 Å². The van der Waals surface area contributed by atoms with Crippen molar-refractivity contribution in [3.63, 3.8) is 0 Å². The van der Waals surface area contributed by atoms with Crippen LogP contribution in [0.3, 0.4) is 0 Å². The van der Waals surface area contributed by atoms with Gasteiger partial charge in [0.1, 0.15) is 0 Å². The molecule has 5 nitrogen and oxygen atoms in total. The third-order valence-corrected chi connectivity index (χ3v) is 5.07. The molecule has 0 radical (unpaired) electrons. The lowest BCUT2D eigenvalue weighted by atomic mass is 9.76. The minimum absolute atomic E-state index is 0.00218. The number of nitrogens with one attached hydrogen (secondary N) is 1. The van der Waals surface area contributed by atoms with Crippen LogP contribution in [0.15, 0.2) is 24.3 Å². The number of nitrogens with zero attached hydrogens (tertiary/aromatic N) is 1. The first-order valence-corrected chi connectivity index (χ1v) is 8.21. The van der Waals surface area contributed by atoms with Crippen LogP contribution >= 0.6 is 0 Å². The predicted octanol–water partition coefficient (Wildman–Crippen LogP) is 1.39. The fraction of sp³-hybridized carbons (Fsp3) is 0.556. The first-order valence-electron chi connectivity index (χ1n) is 8.21. The summed E-state index contributed by atoms with van der Waals surface area (Å²) in [4.78, 5) is 27.0. The van der Waals surface area contributed by atoms with Crippen molar-refractivity contribution < 1.29 is 14.3 Å². The Labute approximate surface area is 137 Å². The topological polar surface area (TPSA) is 58.6 Å². The summed E-state index contributed by atoms with van der Waals surface area (Å²) < 4.78 is 5.03. The highest BCUT2D eigenvalue weighted by molar-refractivity contribution is 5.91. The van der Waals surface area contributed by atoms with Gasteiger partial charge in [-0.3, -0.25) is 9.59 Å². The minimum Gasteiger partial charge on any atom is -0.383 e. The Balaban J connectivity index is 1.91. The number of carbonyl (C=O) groups is 2. The molecule has 5 heteroatoms. The molecular weight excluding hydrogens is 292 g/mol. The van der Waals surface area contributed by atoms with Crippen molar-refractivity contribution in [3.05, 3.63) is 35.4 Å². The van der Waals surface area contributed by atoms with Crippen LogP contribution in [0, 0.1) is 6.92 Å². The molecule has 0 bridgehead atoms. The molecule has 1 N–H and O–H groups in total. The molecule has 2 aliphatic heterocycles. The highest BCUT2D eigenvalue weighted by Crippen LogP contribution is 2.43. The number of fused-ring (bicyclic) bond motifs is 1. The van der Waals surface area contributed by atoms with Gasteiger partial charge in [-0.05, 0) is 25.3 Å². The Morgan fingerprint density at radius 3 is 3.00 bits per heavy atom. The molecule has 2 fully saturated rings. The van der Waals surface area contributed by atoms with Crippen LogP contribution in [-0.2, 0) is 19.7 Å². The summed E-state index contributed by atoms with van der Waals surface area (Å²) in [5.41, 5.74) is 1.50. The van der Waals surface area contributed by atoms with Crippen LogP contribution in [-0.4, -0.2) is 49.6 Å². The van der Waals surface area contributed by atoms with Crippen LogP contribution in [0.2, 0.25) is 0 Å².